The number of aliphatic hydroxyl groups is 1. The number of benzene rings is 1. The zero-order valence-electron chi connectivity index (χ0n) is 9.01. The maximum atomic E-state index is 10.9. The number of aromatic carboxylic acids is 1. The number of hydrogen-bond acceptors (Lipinski definition) is 4. The van der Waals surface area contributed by atoms with Crippen LogP contribution in [0, 0.1) is 0 Å². The minimum Gasteiger partial charge on any atom is -0.478 e. The first-order valence-corrected chi connectivity index (χ1v) is 4.87. The second-order valence-electron chi connectivity index (χ2n) is 3.33. The van der Waals surface area contributed by atoms with Crippen LogP contribution in [0.3, 0.4) is 0 Å². The molecular weight excluding hydrogens is 210 g/mol. The van der Waals surface area contributed by atoms with E-state index in [0.29, 0.717) is 12.3 Å². The average Bonchev–Trinajstić information content (AvgIpc) is 2.29. The molecule has 0 saturated heterocycles. The molecule has 0 aromatic heterocycles. The van der Waals surface area contributed by atoms with Gasteiger partial charge in [-0.1, -0.05) is 12.1 Å². The molecule has 0 radical (unpaired) electrons. The molecule has 1 aromatic rings. The van der Waals surface area contributed by atoms with Crippen molar-refractivity contribution in [2.24, 2.45) is 0 Å². The molecule has 1 unspecified atom stereocenters. The number of ether oxygens (including phenoxy) is 1. The van der Waals surface area contributed by atoms with Gasteiger partial charge in [0, 0.05) is 12.8 Å². The lowest BCUT2D eigenvalue weighted by atomic mass is 10.1. The van der Waals surface area contributed by atoms with Crippen LogP contribution in [0.4, 0.5) is 5.69 Å². The Morgan fingerprint density at radius 3 is 2.75 bits per heavy atom. The molecule has 0 amide bonds. The van der Waals surface area contributed by atoms with Crippen molar-refractivity contribution in [2.75, 3.05) is 25.6 Å². The highest BCUT2D eigenvalue weighted by atomic mass is 16.5. The Bertz CT molecular complexity index is 354. The van der Waals surface area contributed by atoms with E-state index in [1.54, 1.807) is 18.2 Å². The van der Waals surface area contributed by atoms with E-state index in [2.05, 4.69) is 5.32 Å². The van der Waals surface area contributed by atoms with Crippen LogP contribution in [0.15, 0.2) is 24.3 Å². The maximum absolute atomic E-state index is 10.9. The predicted octanol–water partition coefficient (Wildman–Crippen LogP) is 0.804. The van der Waals surface area contributed by atoms with Crippen molar-refractivity contribution in [1.29, 1.82) is 0 Å². The molecule has 0 aliphatic heterocycles. The van der Waals surface area contributed by atoms with Crippen molar-refractivity contribution in [1.82, 2.24) is 0 Å². The molecule has 0 aliphatic carbocycles. The summed E-state index contributed by atoms with van der Waals surface area (Å²) in [5.41, 5.74) is 0.656. The molecule has 0 spiro atoms. The minimum atomic E-state index is -1.00. The zero-order chi connectivity index (χ0) is 12.0. The van der Waals surface area contributed by atoms with Crippen molar-refractivity contribution in [3.63, 3.8) is 0 Å². The Morgan fingerprint density at radius 1 is 1.50 bits per heavy atom. The van der Waals surface area contributed by atoms with Crippen LogP contribution in [0.2, 0.25) is 0 Å². The van der Waals surface area contributed by atoms with E-state index in [-0.39, 0.29) is 18.2 Å². The zero-order valence-corrected chi connectivity index (χ0v) is 9.01. The molecule has 0 bridgehead atoms. The number of carbonyl (C=O) groups is 1. The van der Waals surface area contributed by atoms with Crippen LogP contribution in [-0.4, -0.2) is 42.5 Å². The molecule has 0 heterocycles. The Morgan fingerprint density at radius 2 is 2.19 bits per heavy atom. The van der Waals surface area contributed by atoms with Gasteiger partial charge in [0.2, 0.25) is 0 Å². The average molecular weight is 225 g/mol. The normalized spacial score (nSPS) is 12.1. The lowest BCUT2D eigenvalue weighted by Crippen LogP contribution is -2.29. The summed E-state index contributed by atoms with van der Waals surface area (Å²) < 4.78 is 4.90. The van der Waals surface area contributed by atoms with Gasteiger partial charge >= 0.3 is 5.97 Å². The molecule has 0 fully saturated rings. The Balaban J connectivity index is 2.82. The summed E-state index contributed by atoms with van der Waals surface area (Å²) >= 11 is 0. The monoisotopic (exact) mass is 225 g/mol. The van der Waals surface area contributed by atoms with Crippen LogP contribution in [0.25, 0.3) is 0 Å². The molecule has 5 heteroatoms. The molecule has 3 N–H and O–H groups in total. The van der Waals surface area contributed by atoms with Gasteiger partial charge in [-0.2, -0.15) is 0 Å². The van der Waals surface area contributed by atoms with E-state index < -0.39 is 5.97 Å². The fraction of sp³-hybridized carbons (Fsp3) is 0.364. The van der Waals surface area contributed by atoms with Gasteiger partial charge < -0.3 is 20.3 Å². The first-order chi connectivity index (χ1) is 7.69. The highest BCUT2D eigenvalue weighted by Gasteiger charge is 2.12. The van der Waals surface area contributed by atoms with Gasteiger partial charge in [-0.05, 0) is 12.1 Å². The van der Waals surface area contributed by atoms with Crippen LogP contribution >= 0.6 is 0 Å². The van der Waals surface area contributed by atoms with Gasteiger partial charge in [-0.25, -0.2) is 4.79 Å². The summed E-state index contributed by atoms with van der Waals surface area (Å²) in [6, 6.07) is 6.23. The molecule has 1 rings (SSSR count). The highest BCUT2D eigenvalue weighted by molar-refractivity contribution is 5.94. The van der Waals surface area contributed by atoms with Crippen molar-refractivity contribution >= 4 is 11.7 Å². The van der Waals surface area contributed by atoms with Gasteiger partial charge in [0.25, 0.3) is 0 Å². The van der Waals surface area contributed by atoms with Gasteiger partial charge in [0.15, 0.2) is 0 Å². The molecule has 0 saturated carbocycles. The molecule has 16 heavy (non-hydrogen) atoms. The Hall–Kier alpha value is -1.59. The Labute approximate surface area is 93.7 Å². The third-order valence-corrected chi connectivity index (χ3v) is 2.11. The molecule has 5 nitrogen and oxygen atoms in total. The number of para-hydroxylation sites is 1. The number of methoxy groups -OCH3 is 1. The number of carboxylic acid groups (broad SMARTS) is 1. The number of hydrogen-bond donors (Lipinski definition) is 3. The van der Waals surface area contributed by atoms with Gasteiger partial charge in [0.05, 0.1) is 24.8 Å². The summed E-state index contributed by atoms with van der Waals surface area (Å²) in [7, 11) is 1.52. The topological polar surface area (TPSA) is 78.8 Å². The van der Waals surface area contributed by atoms with Crippen LogP contribution < -0.4 is 5.32 Å². The first-order valence-electron chi connectivity index (χ1n) is 4.87. The van der Waals surface area contributed by atoms with Crippen molar-refractivity contribution in [2.45, 2.75) is 6.04 Å². The first kappa shape index (κ1) is 12.5. The molecule has 0 aliphatic rings. The SMILES string of the molecule is COCC(CO)Nc1ccccc1C(=O)O. The summed E-state index contributed by atoms with van der Waals surface area (Å²) in [4.78, 5) is 10.9. The standard InChI is InChI=1S/C11H15NO4/c1-16-7-8(6-13)12-10-5-3-2-4-9(10)11(14)15/h2-5,8,12-13H,6-7H2,1H3,(H,14,15). The van der Waals surface area contributed by atoms with Gasteiger partial charge in [-0.15, -0.1) is 0 Å². The largest absolute Gasteiger partial charge is 0.478 e. The molecule has 88 valence electrons. The van der Waals surface area contributed by atoms with Gasteiger partial charge in [0.1, 0.15) is 0 Å². The second-order valence-corrected chi connectivity index (χ2v) is 3.33. The third-order valence-electron chi connectivity index (χ3n) is 2.11. The quantitative estimate of drug-likeness (QED) is 0.667. The van der Waals surface area contributed by atoms with Crippen LogP contribution in [0.1, 0.15) is 10.4 Å². The third kappa shape index (κ3) is 3.22. The summed E-state index contributed by atoms with van der Waals surface area (Å²) in [5.74, 6) is -1.00. The lowest BCUT2D eigenvalue weighted by Gasteiger charge is -2.17. The number of aliphatic hydroxyl groups excluding tert-OH is 1. The summed E-state index contributed by atoms with van der Waals surface area (Å²) in [6.07, 6.45) is 0. The second kappa shape index (κ2) is 6.09. The smallest absolute Gasteiger partial charge is 0.337 e. The summed E-state index contributed by atoms with van der Waals surface area (Å²) in [5, 5.41) is 20.9. The van der Waals surface area contributed by atoms with E-state index >= 15 is 0 Å². The van der Waals surface area contributed by atoms with Crippen molar-refractivity contribution < 1.29 is 19.7 Å². The Kier molecular flexibility index (Phi) is 4.75. The molecule has 1 aromatic carbocycles. The van der Waals surface area contributed by atoms with E-state index in [0.717, 1.165) is 0 Å². The highest BCUT2D eigenvalue weighted by Crippen LogP contribution is 2.15. The number of carboxylic acids is 1. The van der Waals surface area contributed by atoms with E-state index in [4.69, 9.17) is 14.9 Å². The minimum absolute atomic E-state index is 0.123. The van der Waals surface area contributed by atoms with E-state index in [9.17, 15) is 4.79 Å². The van der Waals surface area contributed by atoms with Crippen LogP contribution in [0.5, 0.6) is 0 Å². The van der Waals surface area contributed by atoms with Crippen LogP contribution in [-0.2, 0) is 4.74 Å². The maximum Gasteiger partial charge on any atom is 0.337 e. The van der Waals surface area contributed by atoms with Crippen molar-refractivity contribution in [3.05, 3.63) is 29.8 Å². The predicted molar refractivity (Wildman–Crippen MR) is 59.8 cm³/mol. The van der Waals surface area contributed by atoms with Gasteiger partial charge in [-0.3, -0.25) is 0 Å². The summed E-state index contributed by atoms with van der Waals surface area (Å²) in [6.45, 7) is 0.187. The molecular formula is C11H15NO4. The fourth-order valence-corrected chi connectivity index (χ4v) is 1.36. The van der Waals surface area contributed by atoms with E-state index in [1.807, 2.05) is 0 Å². The van der Waals surface area contributed by atoms with Crippen molar-refractivity contribution in [3.8, 4) is 0 Å². The number of nitrogens with one attached hydrogen (secondary N) is 1. The number of rotatable bonds is 6. The number of anilines is 1. The molecule has 1 atom stereocenters. The lowest BCUT2D eigenvalue weighted by molar-refractivity contribution is 0.0697. The fourth-order valence-electron chi connectivity index (χ4n) is 1.36. The van der Waals surface area contributed by atoms with E-state index in [1.165, 1.54) is 13.2 Å².